The Bertz CT molecular complexity index is 1230. The van der Waals surface area contributed by atoms with Gasteiger partial charge in [-0.05, 0) is 47.0 Å². The quantitative estimate of drug-likeness (QED) is 0.383. The van der Waals surface area contributed by atoms with Gasteiger partial charge in [0.25, 0.3) is 0 Å². The number of hydrogen-bond acceptors (Lipinski definition) is 1. The summed E-state index contributed by atoms with van der Waals surface area (Å²) in [6.07, 6.45) is 3.72. The first-order chi connectivity index (χ1) is 12.8. The van der Waals surface area contributed by atoms with Gasteiger partial charge in [-0.1, -0.05) is 48.5 Å². The molecule has 2 nitrogen and oxygen atoms in total. The molecule has 0 atom stereocenters. The number of aromatic nitrogens is 2. The largest absolute Gasteiger partial charge is 0.344 e. The van der Waals surface area contributed by atoms with Crippen LogP contribution in [0.4, 0.5) is 0 Å². The number of fused-ring (bicyclic) bond motifs is 3. The van der Waals surface area contributed by atoms with E-state index in [1.54, 1.807) is 0 Å². The van der Waals surface area contributed by atoms with Crippen molar-refractivity contribution in [1.29, 1.82) is 0 Å². The number of pyridine rings is 1. The molecule has 0 spiro atoms. The summed E-state index contributed by atoms with van der Waals surface area (Å²) in [4.78, 5) is 4.24. The van der Waals surface area contributed by atoms with Crippen molar-refractivity contribution in [3.05, 3.63) is 91.3 Å². The van der Waals surface area contributed by atoms with Crippen LogP contribution in [0.1, 0.15) is 0 Å². The van der Waals surface area contributed by atoms with E-state index in [-0.39, 0.29) is 0 Å². The number of para-hydroxylation sites is 1. The first-order valence-corrected chi connectivity index (χ1v) is 8.79. The van der Waals surface area contributed by atoms with Crippen molar-refractivity contribution in [1.82, 2.24) is 9.55 Å². The van der Waals surface area contributed by atoms with Crippen LogP contribution in [0.2, 0.25) is 0 Å². The molecule has 2 heterocycles. The van der Waals surface area contributed by atoms with E-state index in [1.165, 1.54) is 38.5 Å². The third-order valence-corrected chi connectivity index (χ3v) is 5.10. The van der Waals surface area contributed by atoms with Gasteiger partial charge in [0.05, 0.1) is 0 Å². The minimum absolute atomic E-state index is 1.14. The second kappa shape index (κ2) is 5.85. The van der Waals surface area contributed by atoms with Crippen LogP contribution in [-0.4, -0.2) is 9.55 Å². The standard InChI is InChI=1S/C24H18N2/c1-26-23-10-3-2-9-21(23)22-15-19(11-12-24(22)26)17-6-4-7-18(14-17)20-8-5-13-25-16-20/h2-16H,1H3. The van der Waals surface area contributed by atoms with Crippen LogP contribution in [-0.2, 0) is 7.05 Å². The van der Waals surface area contributed by atoms with Crippen molar-refractivity contribution in [2.75, 3.05) is 0 Å². The summed E-state index contributed by atoms with van der Waals surface area (Å²) >= 11 is 0. The highest BCUT2D eigenvalue weighted by Crippen LogP contribution is 2.33. The SMILES string of the molecule is Cn1c2ccccc2c2cc(-c3cccc(-c4cccnc4)c3)ccc21. The molecule has 0 unspecified atom stereocenters. The van der Waals surface area contributed by atoms with Crippen molar-refractivity contribution in [2.24, 2.45) is 7.05 Å². The Kier molecular flexibility index (Phi) is 3.36. The zero-order chi connectivity index (χ0) is 17.5. The molecule has 3 aromatic carbocycles. The average Bonchev–Trinajstić information content (AvgIpc) is 3.01. The van der Waals surface area contributed by atoms with Gasteiger partial charge in [0.15, 0.2) is 0 Å². The Morgan fingerprint density at radius 2 is 1.35 bits per heavy atom. The van der Waals surface area contributed by atoms with Gasteiger partial charge in [-0.2, -0.15) is 0 Å². The lowest BCUT2D eigenvalue weighted by Crippen LogP contribution is -1.86. The number of benzene rings is 3. The maximum atomic E-state index is 4.24. The molecular weight excluding hydrogens is 316 g/mol. The summed E-state index contributed by atoms with van der Waals surface area (Å²) in [7, 11) is 2.13. The highest BCUT2D eigenvalue weighted by atomic mass is 14.9. The summed E-state index contributed by atoms with van der Waals surface area (Å²) in [5, 5.41) is 2.60. The Labute approximate surface area is 152 Å². The Balaban J connectivity index is 1.69. The van der Waals surface area contributed by atoms with E-state index < -0.39 is 0 Å². The summed E-state index contributed by atoms with van der Waals surface area (Å²) in [6.45, 7) is 0. The summed E-state index contributed by atoms with van der Waals surface area (Å²) < 4.78 is 2.26. The maximum absolute atomic E-state index is 4.24. The second-order valence-corrected chi connectivity index (χ2v) is 6.63. The topological polar surface area (TPSA) is 17.8 Å². The number of hydrogen-bond donors (Lipinski definition) is 0. The van der Waals surface area contributed by atoms with Gasteiger partial charge in [0, 0.05) is 46.8 Å². The van der Waals surface area contributed by atoms with Crippen molar-refractivity contribution >= 4 is 21.8 Å². The van der Waals surface area contributed by atoms with E-state index in [9.17, 15) is 0 Å². The van der Waals surface area contributed by atoms with E-state index in [4.69, 9.17) is 0 Å². The fourth-order valence-electron chi connectivity index (χ4n) is 3.76. The molecule has 0 saturated carbocycles. The molecule has 0 fully saturated rings. The fourth-order valence-corrected chi connectivity index (χ4v) is 3.76. The Morgan fingerprint density at radius 1 is 0.615 bits per heavy atom. The van der Waals surface area contributed by atoms with Gasteiger partial charge < -0.3 is 4.57 Å². The normalized spacial score (nSPS) is 11.3. The third kappa shape index (κ3) is 2.31. The molecule has 2 heteroatoms. The predicted molar refractivity (Wildman–Crippen MR) is 109 cm³/mol. The smallest absolute Gasteiger partial charge is 0.0489 e. The van der Waals surface area contributed by atoms with Gasteiger partial charge >= 0.3 is 0 Å². The van der Waals surface area contributed by atoms with Crippen LogP contribution in [0.25, 0.3) is 44.1 Å². The second-order valence-electron chi connectivity index (χ2n) is 6.63. The molecule has 0 N–H and O–H groups in total. The highest BCUT2D eigenvalue weighted by Gasteiger charge is 2.09. The highest BCUT2D eigenvalue weighted by molar-refractivity contribution is 6.09. The Morgan fingerprint density at radius 3 is 2.19 bits per heavy atom. The number of nitrogens with zero attached hydrogens (tertiary/aromatic N) is 2. The van der Waals surface area contributed by atoms with Crippen LogP contribution in [0.15, 0.2) is 91.3 Å². The van der Waals surface area contributed by atoms with Gasteiger partial charge in [-0.3, -0.25) is 4.98 Å². The minimum atomic E-state index is 1.14. The molecule has 0 radical (unpaired) electrons. The summed E-state index contributed by atoms with van der Waals surface area (Å²) in [5.74, 6) is 0. The maximum Gasteiger partial charge on any atom is 0.0489 e. The van der Waals surface area contributed by atoms with E-state index in [0.29, 0.717) is 0 Å². The van der Waals surface area contributed by atoms with Crippen molar-refractivity contribution in [3.63, 3.8) is 0 Å². The first-order valence-electron chi connectivity index (χ1n) is 8.79. The van der Waals surface area contributed by atoms with Crippen molar-refractivity contribution < 1.29 is 0 Å². The van der Waals surface area contributed by atoms with Gasteiger partial charge in [-0.25, -0.2) is 0 Å². The zero-order valence-corrected chi connectivity index (χ0v) is 14.6. The molecule has 0 aliphatic heterocycles. The van der Waals surface area contributed by atoms with Crippen LogP contribution < -0.4 is 0 Å². The molecular formula is C24H18N2. The lowest BCUT2D eigenvalue weighted by molar-refractivity contribution is 1.01. The van der Waals surface area contributed by atoms with Crippen molar-refractivity contribution in [2.45, 2.75) is 0 Å². The predicted octanol–water partition coefficient (Wildman–Crippen LogP) is 6.06. The third-order valence-electron chi connectivity index (χ3n) is 5.10. The lowest BCUT2D eigenvalue weighted by atomic mass is 9.98. The molecule has 0 amide bonds. The Hall–Kier alpha value is -3.39. The van der Waals surface area contributed by atoms with E-state index >= 15 is 0 Å². The van der Waals surface area contributed by atoms with Gasteiger partial charge in [-0.15, -0.1) is 0 Å². The monoisotopic (exact) mass is 334 g/mol. The van der Waals surface area contributed by atoms with Gasteiger partial charge in [0.1, 0.15) is 0 Å². The van der Waals surface area contributed by atoms with Crippen LogP contribution >= 0.6 is 0 Å². The number of aryl methyl sites for hydroxylation is 1. The van der Waals surface area contributed by atoms with Gasteiger partial charge in [0.2, 0.25) is 0 Å². The molecule has 0 bridgehead atoms. The fraction of sp³-hybridized carbons (Fsp3) is 0.0417. The van der Waals surface area contributed by atoms with E-state index in [1.807, 2.05) is 18.5 Å². The molecule has 5 rings (SSSR count). The minimum Gasteiger partial charge on any atom is -0.344 e. The first kappa shape index (κ1) is 14.9. The molecule has 0 saturated heterocycles. The van der Waals surface area contributed by atoms with E-state index in [0.717, 1.165) is 5.56 Å². The van der Waals surface area contributed by atoms with Crippen LogP contribution in [0.3, 0.4) is 0 Å². The van der Waals surface area contributed by atoms with Crippen LogP contribution in [0.5, 0.6) is 0 Å². The lowest BCUT2D eigenvalue weighted by Gasteiger charge is -2.07. The molecule has 0 aliphatic carbocycles. The van der Waals surface area contributed by atoms with E-state index in [2.05, 4.69) is 89.4 Å². The molecule has 0 aliphatic rings. The average molecular weight is 334 g/mol. The molecule has 2 aromatic heterocycles. The number of rotatable bonds is 2. The van der Waals surface area contributed by atoms with Crippen molar-refractivity contribution in [3.8, 4) is 22.3 Å². The van der Waals surface area contributed by atoms with Crippen LogP contribution in [0, 0.1) is 0 Å². The molecule has 124 valence electrons. The summed E-state index contributed by atoms with van der Waals surface area (Å²) in [6, 6.07) is 28.1. The zero-order valence-electron chi connectivity index (χ0n) is 14.6. The molecule has 5 aromatic rings. The molecule has 26 heavy (non-hydrogen) atoms. The summed E-state index contributed by atoms with van der Waals surface area (Å²) in [5.41, 5.74) is 7.32.